The Morgan fingerprint density at radius 2 is 1.50 bits per heavy atom. The minimum Gasteiger partial charge on any atom is -0.278 e. The van der Waals surface area contributed by atoms with Crippen molar-refractivity contribution in [3.8, 4) is 0 Å². The normalized spacial score (nSPS) is 35.6. The second kappa shape index (κ2) is 2.55. The van der Waals surface area contributed by atoms with E-state index in [0.717, 1.165) is 25.7 Å². The smallest absolute Gasteiger partial charge is 0.257 e. The molecule has 0 bridgehead atoms. The first-order valence-electron chi connectivity index (χ1n) is 4.28. The molecule has 12 heavy (non-hydrogen) atoms. The van der Waals surface area contributed by atoms with Gasteiger partial charge >= 0.3 is 0 Å². The molecular formula is C8H11NO3. The standard InChI is InChI=1S/C8H11NO3/c10-7-5-3-1-2-4-6(5)8(11)9(7)12/h5-6,12H,1-4H2/t5-,6-/m1/s1. The summed E-state index contributed by atoms with van der Waals surface area (Å²) in [6.07, 6.45) is 3.50. The third-order valence-corrected chi connectivity index (χ3v) is 2.82. The topological polar surface area (TPSA) is 57.6 Å². The highest BCUT2D eigenvalue weighted by Crippen LogP contribution is 2.36. The molecule has 2 fully saturated rings. The van der Waals surface area contributed by atoms with Crippen molar-refractivity contribution in [2.24, 2.45) is 11.8 Å². The van der Waals surface area contributed by atoms with E-state index in [1.807, 2.05) is 0 Å². The fourth-order valence-electron chi connectivity index (χ4n) is 2.14. The van der Waals surface area contributed by atoms with Crippen molar-refractivity contribution < 1.29 is 14.8 Å². The van der Waals surface area contributed by atoms with Crippen molar-refractivity contribution >= 4 is 11.8 Å². The van der Waals surface area contributed by atoms with E-state index in [-0.39, 0.29) is 11.8 Å². The van der Waals surface area contributed by atoms with Crippen molar-refractivity contribution in [2.45, 2.75) is 25.7 Å². The lowest BCUT2D eigenvalue weighted by molar-refractivity contribution is -0.173. The van der Waals surface area contributed by atoms with E-state index in [4.69, 9.17) is 5.21 Å². The van der Waals surface area contributed by atoms with Gasteiger partial charge in [0.2, 0.25) is 0 Å². The van der Waals surface area contributed by atoms with Gasteiger partial charge in [0.05, 0.1) is 11.8 Å². The Balaban J connectivity index is 2.25. The number of carbonyl (C=O) groups excluding carboxylic acids is 2. The number of nitrogens with zero attached hydrogens (tertiary/aromatic N) is 1. The summed E-state index contributed by atoms with van der Waals surface area (Å²) in [6.45, 7) is 0. The maximum atomic E-state index is 11.2. The number of hydroxylamine groups is 2. The fraction of sp³-hybridized carbons (Fsp3) is 0.750. The summed E-state index contributed by atoms with van der Waals surface area (Å²) in [4.78, 5) is 22.4. The van der Waals surface area contributed by atoms with Crippen LogP contribution in [0.1, 0.15) is 25.7 Å². The Labute approximate surface area is 70.1 Å². The molecule has 2 rings (SSSR count). The van der Waals surface area contributed by atoms with Gasteiger partial charge in [0.15, 0.2) is 0 Å². The van der Waals surface area contributed by atoms with Crippen molar-refractivity contribution in [3.05, 3.63) is 0 Å². The zero-order valence-electron chi connectivity index (χ0n) is 6.69. The van der Waals surface area contributed by atoms with Crippen LogP contribution in [0.25, 0.3) is 0 Å². The molecule has 0 aromatic rings. The lowest BCUT2D eigenvalue weighted by Crippen LogP contribution is -2.26. The van der Waals surface area contributed by atoms with Gasteiger partial charge in [-0.2, -0.15) is 5.06 Å². The summed E-state index contributed by atoms with van der Waals surface area (Å²) >= 11 is 0. The molecule has 1 N–H and O–H groups in total. The SMILES string of the molecule is O=C1[C@@H]2CCCC[C@H]2C(=O)N1O. The molecule has 0 unspecified atom stereocenters. The number of rotatable bonds is 0. The van der Waals surface area contributed by atoms with E-state index in [9.17, 15) is 9.59 Å². The number of amides is 2. The highest BCUT2D eigenvalue weighted by Gasteiger charge is 2.47. The first-order chi connectivity index (χ1) is 5.72. The van der Waals surface area contributed by atoms with Crippen molar-refractivity contribution in [2.75, 3.05) is 0 Å². The molecule has 66 valence electrons. The van der Waals surface area contributed by atoms with Gasteiger partial charge in [-0.3, -0.25) is 14.8 Å². The summed E-state index contributed by atoms with van der Waals surface area (Å²) in [6, 6.07) is 0. The van der Waals surface area contributed by atoms with Gasteiger partial charge in [0.25, 0.3) is 11.8 Å². The Morgan fingerprint density at radius 1 is 1.08 bits per heavy atom. The van der Waals surface area contributed by atoms with Crippen LogP contribution in [0.4, 0.5) is 0 Å². The monoisotopic (exact) mass is 169 g/mol. The van der Waals surface area contributed by atoms with Gasteiger partial charge in [-0.05, 0) is 12.8 Å². The van der Waals surface area contributed by atoms with Crippen LogP contribution in [-0.4, -0.2) is 22.1 Å². The molecule has 0 spiro atoms. The summed E-state index contributed by atoms with van der Waals surface area (Å²) < 4.78 is 0. The molecule has 0 aromatic carbocycles. The first kappa shape index (κ1) is 7.73. The predicted octanol–water partition coefficient (Wildman–Crippen LogP) is 0.551. The second-order valence-corrected chi connectivity index (χ2v) is 3.49. The lowest BCUT2D eigenvalue weighted by atomic mass is 9.81. The van der Waals surface area contributed by atoms with Crippen LogP contribution in [0.2, 0.25) is 0 Å². The third-order valence-electron chi connectivity index (χ3n) is 2.82. The van der Waals surface area contributed by atoms with Crippen molar-refractivity contribution in [1.82, 2.24) is 5.06 Å². The number of imide groups is 1. The summed E-state index contributed by atoms with van der Waals surface area (Å²) in [5.74, 6) is -1.25. The van der Waals surface area contributed by atoms with Gasteiger partial charge in [0.1, 0.15) is 0 Å². The molecule has 0 radical (unpaired) electrons. The van der Waals surface area contributed by atoms with Crippen LogP contribution in [-0.2, 0) is 9.59 Å². The van der Waals surface area contributed by atoms with Crippen molar-refractivity contribution in [3.63, 3.8) is 0 Å². The maximum Gasteiger partial charge on any atom is 0.257 e. The Morgan fingerprint density at radius 3 is 1.92 bits per heavy atom. The van der Waals surface area contributed by atoms with Gasteiger partial charge in [-0.25, -0.2) is 0 Å². The van der Waals surface area contributed by atoms with Gasteiger partial charge in [0, 0.05) is 0 Å². The van der Waals surface area contributed by atoms with Crippen molar-refractivity contribution in [1.29, 1.82) is 0 Å². The van der Waals surface area contributed by atoms with E-state index in [1.165, 1.54) is 0 Å². The Bertz CT molecular complexity index is 214. The molecule has 0 aromatic heterocycles. The molecule has 1 saturated heterocycles. The number of fused-ring (bicyclic) bond motifs is 1. The van der Waals surface area contributed by atoms with Crippen LogP contribution >= 0.6 is 0 Å². The van der Waals surface area contributed by atoms with Gasteiger partial charge < -0.3 is 0 Å². The first-order valence-corrected chi connectivity index (χ1v) is 4.28. The van der Waals surface area contributed by atoms with Gasteiger partial charge in [-0.15, -0.1) is 0 Å². The van der Waals surface area contributed by atoms with Crippen LogP contribution in [0.5, 0.6) is 0 Å². The molecule has 1 aliphatic heterocycles. The third kappa shape index (κ3) is 0.876. The molecule has 4 heteroatoms. The predicted molar refractivity (Wildman–Crippen MR) is 39.1 cm³/mol. The minimum absolute atomic E-state index is 0.226. The van der Waals surface area contributed by atoms with Crippen LogP contribution in [0, 0.1) is 11.8 Å². The molecule has 2 atom stereocenters. The Kier molecular flexibility index (Phi) is 1.65. The largest absolute Gasteiger partial charge is 0.278 e. The van der Waals surface area contributed by atoms with Crippen LogP contribution in [0.15, 0.2) is 0 Å². The molecule has 4 nitrogen and oxygen atoms in total. The van der Waals surface area contributed by atoms with E-state index >= 15 is 0 Å². The number of hydrogen-bond acceptors (Lipinski definition) is 3. The quantitative estimate of drug-likeness (QED) is 0.425. The summed E-state index contributed by atoms with van der Waals surface area (Å²) in [5.41, 5.74) is 0. The van der Waals surface area contributed by atoms with E-state index in [2.05, 4.69) is 0 Å². The molecule has 2 amide bonds. The second-order valence-electron chi connectivity index (χ2n) is 3.49. The van der Waals surface area contributed by atoms with E-state index in [1.54, 1.807) is 0 Å². The molecular weight excluding hydrogens is 158 g/mol. The van der Waals surface area contributed by atoms with Crippen LogP contribution < -0.4 is 0 Å². The average molecular weight is 169 g/mol. The average Bonchev–Trinajstić information content (AvgIpc) is 2.33. The van der Waals surface area contributed by atoms with E-state index < -0.39 is 11.8 Å². The maximum absolute atomic E-state index is 11.2. The number of carbonyl (C=O) groups is 2. The highest BCUT2D eigenvalue weighted by atomic mass is 16.5. The zero-order chi connectivity index (χ0) is 8.72. The van der Waals surface area contributed by atoms with E-state index in [0.29, 0.717) is 5.06 Å². The minimum atomic E-state index is -0.398. The Hall–Kier alpha value is -0.900. The lowest BCUT2D eigenvalue weighted by Gasteiger charge is -2.19. The molecule has 2 aliphatic rings. The molecule has 1 heterocycles. The number of hydrogen-bond donors (Lipinski definition) is 1. The molecule has 1 aliphatic carbocycles. The zero-order valence-corrected chi connectivity index (χ0v) is 6.69. The van der Waals surface area contributed by atoms with Crippen LogP contribution in [0.3, 0.4) is 0 Å². The summed E-state index contributed by atoms with van der Waals surface area (Å²) in [5, 5.41) is 9.34. The fourth-order valence-corrected chi connectivity index (χ4v) is 2.14. The summed E-state index contributed by atoms with van der Waals surface area (Å²) in [7, 11) is 0. The van der Waals surface area contributed by atoms with Gasteiger partial charge in [-0.1, -0.05) is 12.8 Å². The molecule has 1 saturated carbocycles. The highest BCUT2D eigenvalue weighted by molar-refractivity contribution is 6.03.